The normalized spacial score (nSPS) is 23.7. The summed E-state index contributed by atoms with van der Waals surface area (Å²) in [7, 11) is -3.89. The van der Waals surface area contributed by atoms with Gasteiger partial charge < -0.3 is 15.3 Å². The summed E-state index contributed by atoms with van der Waals surface area (Å²) in [4.78, 5) is 40.8. The molecule has 2 heterocycles. The van der Waals surface area contributed by atoms with E-state index in [0.29, 0.717) is 10.6 Å². The lowest BCUT2D eigenvalue weighted by molar-refractivity contribution is -0.219. The van der Waals surface area contributed by atoms with Crippen LogP contribution in [0, 0.1) is 0 Å². The Kier molecular flexibility index (Phi) is 5.80. The maximum Gasteiger partial charge on any atom is 0.368 e. The number of carbonyl (C=O) groups excluding carboxylic acids is 2. The van der Waals surface area contributed by atoms with Crippen molar-refractivity contribution in [3.05, 3.63) is 11.6 Å². The maximum absolute atomic E-state index is 13.3. The average molecular weight is 395 g/mol. The van der Waals surface area contributed by atoms with Crippen LogP contribution >= 0.6 is 0 Å². The maximum atomic E-state index is 13.3. The van der Waals surface area contributed by atoms with E-state index < -0.39 is 46.6 Å². The van der Waals surface area contributed by atoms with Gasteiger partial charge >= 0.3 is 18.4 Å². The van der Waals surface area contributed by atoms with Gasteiger partial charge in [0.2, 0.25) is 5.91 Å². The number of nitrogens with two attached hydrogens (primary N) is 1. The molecule has 2 aliphatic heterocycles. The Morgan fingerprint density at radius 2 is 2.15 bits per heavy atom. The van der Waals surface area contributed by atoms with E-state index in [2.05, 4.69) is 10.2 Å². The van der Waals surface area contributed by atoms with Crippen LogP contribution in [0.5, 0.6) is 0 Å². The second kappa shape index (κ2) is 7.53. The third kappa shape index (κ3) is 4.46. The fourth-order valence-electron chi connectivity index (χ4n) is 2.69. The van der Waals surface area contributed by atoms with E-state index in [9.17, 15) is 27.2 Å². The number of aliphatic carboxylic acids is 1. The second-order valence-electron chi connectivity index (χ2n) is 5.63. The van der Waals surface area contributed by atoms with Crippen LogP contribution in [0.1, 0.15) is 6.92 Å². The van der Waals surface area contributed by atoms with Gasteiger partial charge in [0.25, 0.3) is 10.2 Å². The molecular weight excluding hydrogens is 377 g/mol. The van der Waals surface area contributed by atoms with Gasteiger partial charge in [-0.15, -0.1) is 0 Å². The molecule has 0 aliphatic carbocycles. The highest BCUT2D eigenvalue weighted by Gasteiger charge is 2.48. The molecule has 0 radical (unpaired) electrons. The van der Waals surface area contributed by atoms with E-state index in [1.54, 1.807) is 6.92 Å². The van der Waals surface area contributed by atoms with Gasteiger partial charge in [-0.3, -0.25) is 4.79 Å². The smallest absolute Gasteiger partial charge is 0.368 e. The number of carbonyl (C=O) groups is 3. The largest absolute Gasteiger partial charge is 0.477 e. The zero-order valence-corrected chi connectivity index (χ0v) is 14.4. The Bertz CT molecular complexity index is 742. The SMILES string of the molecule is CC1=C[C@H]2CN(C(=O)N2O[C@@H](F)C(=O)O)[C@@H]1C(=O)NCCNS(N)(=O)=O. The molecule has 3 amide bonds. The van der Waals surface area contributed by atoms with Crippen LogP contribution in [-0.4, -0.2) is 79.5 Å². The van der Waals surface area contributed by atoms with Crippen molar-refractivity contribution < 1.29 is 37.1 Å². The third-order valence-electron chi connectivity index (χ3n) is 3.69. The first-order chi connectivity index (χ1) is 12.0. The number of hydroxylamine groups is 2. The van der Waals surface area contributed by atoms with Gasteiger partial charge in [0.05, 0.1) is 12.6 Å². The zero-order valence-electron chi connectivity index (χ0n) is 13.6. The highest BCUT2D eigenvalue weighted by Crippen LogP contribution is 2.30. The summed E-state index contributed by atoms with van der Waals surface area (Å²) in [6.45, 7) is 1.37. The Balaban J connectivity index is 2.01. The number of urea groups is 1. The summed E-state index contributed by atoms with van der Waals surface area (Å²) in [6.07, 6.45) is -1.22. The second-order valence-corrected chi connectivity index (χ2v) is 7.01. The molecule has 2 aliphatic rings. The van der Waals surface area contributed by atoms with E-state index in [1.165, 1.54) is 6.08 Å². The number of fused-ring (bicyclic) bond motifs is 2. The molecule has 146 valence electrons. The van der Waals surface area contributed by atoms with Crippen LogP contribution in [0.2, 0.25) is 0 Å². The van der Waals surface area contributed by atoms with Crippen LogP contribution in [-0.2, 0) is 24.6 Å². The average Bonchev–Trinajstić information content (AvgIpc) is 2.75. The Hall–Kier alpha value is -2.29. The predicted molar refractivity (Wildman–Crippen MR) is 83.0 cm³/mol. The van der Waals surface area contributed by atoms with Crippen LogP contribution in [0.3, 0.4) is 0 Å². The van der Waals surface area contributed by atoms with Crippen molar-refractivity contribution in [2.45, 2.75) is 25.4 Å². The van der Waals surface area contributed by atoms with Gasteiger partial charge in [-0.1, -0.05) is 6.08 Å². The van der Waals surface area contributed by atoms with E-state index in [4.69, 9.17) is 10.2 Å². The molecule has 0 aromatic heterocycles. The molecule has 1 fully saturated rings. The number of hydrogen-bond acceptors (Lipinski definition) is 6. The van der Waals surface area contributed by atoms with E-state index in [1.807, 2.05) is 4.72 Å². The Labute approximate surface area is 147 Å². The minimum atomic E-state index is -3.89. The highest BCUT2D eigenvalue weighted by molar-refractivity contribution is 7.87. The predicted octanol–water partition coefficient (Wildman–Crippen LogP) is -2.36. The molecule has 2 bridgehead atoms. The lowest BCUT2D eigenvalue weighted by Crippen LogP contribution is -2.51. The van der Waals surface area contributed by atoms with E-state index >= 15 is 0 Å². The first kappa shape index (κ1) is 20.0. The standard InChI is InChI=1S/C12H18FN5O7S/c1-6-4-7-5-17(12(22)18(7)25-9(13)11(20)21)8(6)10(19)15-2-3-16-26(14,23)24/h4,7-9,16H,2-3,5H2,1H3,(H,15,19)(H,20,21)(H2,14,23,24)/t7-,8-,9+/m0/s1. The summed E-state index contributed by atoms with van der Waals surface area (Å²) in [5, 5.41) is 16.3. The molecule has 0 saturated carbocycles. The summed E-state index contributed by atoms with van der Waals surface area (Å²) in [5.74, 6) is -2.47. The van der Waals surface area contributed by atoms with Gasteiger partial charge in [0.1, 0.15) is 6.04 Å². The van der Waals surface area contributed by atoms with Crippen LogP contribution in [0.25, 0.3) is 0 Å². The first-order valence-electron chi connectivity index (χ1n) is 7.38. The molecule has 0 unspecified atom stereocenters. The number of rotatable bonds is 8. The van der Waals surface area contributed by atoms with Crippen LogP contribution in [0.15, 0.2) is 11.6 Å². The van der Waals surface area contributed by atoms with Gasteiger partial charge in [0.15, 0.2) is 0 Å². The summed E-state index contributed by atoms with van der Waals surface area (Å²) in [5.41, 5.74) is 0.475. The molecule has 0 spiro atoms. The fraction of sp³-hybridized carbons (Fsp3) is 0.583. The molecule has 12 nitrogen and oxygen atoms in total. The Morgan fingerprint density at radius 3 is 2.73 bits per heavy atom. The van der Waals surface area contributed by atoms with E-state index in [-0.39, 0.29) is 19.6 Å². The molecular formula is C12H18FN5O7S. The lowest BCUT2D eigenvalue weighted by Gasteiger charge is -2.29. The number of carboxylic acids is 1. The van der Waals surface area contributed by atoms with Crippen LogP contribution in [0.4, 0.5) is 9.18 Å². The van der Waals surface area contributed by atoms with E-state index in [0.717, 1.165) is 4.90 Å². The van der Waals surface area contributed by atoms with Gasteiger partial charge in [-0.2, -0.15) is 13.5 Å². The number of alkyl halides is 1. The van der Waals surface area contributed by atoms with Crippen molar-refractivity contribution in [2.75, 3.05) is 19.6 Å². The number of amides is 3. The number of hydrogen-bond donors (Lipinski definition) is 4. The van der Waals surface area contributed by atoms with Crippen LogP contribution < -0.4 is 15.2 Å². The molecule has 2 rings (SSSR count). The summed E-state index contributed by atoms with van der Waals surface area (Å²) in [6, 6.07) is -2.59. The minimum Gasteiger partial charge on any atom is -0.477 e. The summed E-state index contributed by atoms with van der Waals surface area (Å²) < 4.78 is 36.7. The van der Waals surface area contributed by atoms with Crippen molar-refractivity contribution in [1.29, 1.82) is 0 Å². The fourth-order valence-corrected chi connectivity index (χ4v) is 3.08. The molecule has 3 atom stereocenters. The third-order valence-corrected chi connectivity index (χ3v) is 4.30. The topological polar surface area (TPSA) is 171 Å². The van der Waals surface area contributed by atoms with Crippen molar-refractivity contribution in [1.82, 2.24) is 20.0 Å². The molecule has 0 aromatic carbocycles. The first-order valence-corrected chi connectivity index (χ1v) is 8.93. The molecule has 14 heteroatoms. The molecule has 26 heavy (non-hydrogen) atoms. The molecule has 1 saturated heterocycles. The quantitative estimate of drug-likeness (QED) is 0.263. The van der Waals surface area contributed by atoms with Gasteiger partial charge in [0, 0.05) is 13.1 Å². The number of nitrogens with one attached hydrogen (secondary N) is 2. The zero-order chi connectivity index (χ0) is 19.6. The number of nitrogens with zero attached hydrogens (tertiary/aromatic N) is 2. The van der Waals surface area contributed by atoms with Gasteiger partial charge in [-0.25, -0.2) is 28.7 Å². The lowest BCUT2D eigenvalue weighted by atomic mass is 10.00. The van der Waals surface area contributed by atoms with Crippen molar-refractivity contribution in [3.63, 3.8) is 0 Å². The highest BCUT2D eigenvalue weighted by atomic mass is 32.2. The van der Waals surface area contributed by atoms with Crippen molar-refractivity contribution in [2.24, 2.45) is 5.14 Å². The van der Waals surface area contributed by atoms with Gasteiger partial charge in [-0.05, 0) is 12.5 Å². The number of halogens is 1. The Morgan fingerprint density at radius 1 is 1.50 bits per heavy atom. The monoisotopic (exact) mass is 395 g/mol. The van der Waals surface area contributed by atoms with Crippen molar-refractivity contribution >= 4 is 28.1 Å². The number of carboxylic acid groups (broad SMARTS) is 1. The van der Waals surface area contributed by atoms with Crippen molar-refractivity contribution in [3.8, 4) is 0 Å². The summed E-state index contributed by atoms with van der Waals surface area (Å²) >= 11 is 0. The molecule has 5 N–H and O–H groups in total. The molecule has 0 aromatic rings. The minimum absolute atomic E-state index is 0.00995.